The summed E-state index contributed by atoms with van der Waals surface area (Å²) in [5, 5.41) is 10.9. The molecule has 2 aliphatic carbocycles. The lowest BCUT2D eigenvalue weighted by Gasteiger charge is -2.52. The third-order valence-electron chi connectivity index (χ3n) is 6.48. The Labute approximate surface area is 143 Å². The highest BCUT2D eigenvalue weighted by molar-refractivity contribution is 5.87. The van der Waals surface area contributed by atoms with Crippen molar-refractivity contribution in [3.8, 4) is 0 Å². The number of carbonyl (C=O) groups excluding carboxylic acids is 1. The molecule has 1 heterocycles. The molecule has 3 rings (SSSR count). The van der Waals surface area contributed by atoms with Gasteiger partial charge >= 0.3 is 5.97 Å². The quantitative estimate of drug-likeness (QED) is 0.654. The monoisotopic (exact) mass is 332 g/mol. The molecule has 0 unspecified atom stereocenters. The standard InChI is InChI=1S/C20H28O4/c1-6-11(2)19(22)24-14-7-13(4)20(5)9-15-12(3)10-23-18(15)17(21)16(20)8-14/h6,10,13-14,16-17,21H,7-9H2,1-5H3/t13-,14-,16+,17-,20-/m1/s1. The number of hydrogen-bond donors (Lipinski definition) is 1. The Morgan fingerprint density at radius 3 is 2.83 bits per heavy atom. The third kappa shape index (κ3) is 2.61. The summed E-state index contributed by atoms with van der Waals surface area (Å²) in [4.78, 5) is 12.1. The lowest BCUT2D eigenvalue weighted by Crippen LogP contribution is -2.49. The molecule has 2 aliphatic rings. The summed E-state index contributed by atoms with van der Waals surface area (Å²) in [5.41, 5.74) is 2.91. The van der Waals surface area contributed by atoms with Crippen LogP contribution in [0.5, 0.6) is 0 Å². The summed E-state index contributed by atoms with van der Waals surface area (Å²) in [5.74, 6) is 0.858. The summed E-state index contributed by atoms with van der Waals surface area (Å²) in [6.45, 7) is 10.1. The van der Waals surface area contributed by atoms with Crippen molar-refractivity contribution in [3.63, 3.8) is 0 Å². The SMILES string of the molecule is CC=C(C)C(=O)O[C@@H]1C[C@@H](C)[C@@]2(C)Cc3c(C)coc3[C@H](O)[C@@H]2C1. The van der Waals surface area contributed by atoms with E-state index in [1.165, 1.54) is 0 Å². The molecule has 0 aromatic carbocycles. The highest BCUT2D eigenvalue weighted by Crippen LogP contribution is 2.57. The zero-order valence-electron chi connectivity index (χ0n) is 15.3. The number of carbonyl (C=O) groups is 1. The number of fused-ring (bicyclic) bond motifs is 2. The lowest BCUT2D eigenvalue weighted by atomic mass is 9.54. The smallest absolute Gasteiger partial charge is 0.333 e. The van der Waals surface area contributed by atoms with Crippen molar-refractivity contribution in [2.24, 2.45) is 17.3 Å². The molecule has 1 saturated carbocycles. The summed E-state index contributed by atoms with van der Waals surface area (Å²) in [6.07, 6.45) is 5.19. The molecule has 1 fully saturated rings. The first-order valence-corrected chi connectivity index (χ1v) is 8.86. The van der Waals surface area contributed by atoms with Crippen molar-refractivity contribution in [2.75, 3.05) is 0 Å². The third-order valence-corrected chi connectivity index (χ3v) is 6.48. The first-order chi connectivity index (χ1) is 11.3. The van der Waals surface area contributed by atoms with Gasteiger partial charge < -0.3 is 14.3 Å². The first kappa shape index (κ1) is 17.3. The van der Waals surface area contributed by atoms with Gasteiger partial charge in [-0.2, -0.15) is 0 Å². The summed E-state index contributed by atoms with van der Waals surface area (Å²) < 4.78 is 11.3. The number of rotatable bonds is 2. The molecule has 24 heavy (non-hydrogen) atoms. The van der Waals surface area contributed by atoms with Gasteiger partial charge in [0.25, 0.3) is 0 Å². The molecule has 4 heteroatoms. The molecule has 1 aromatic heterocycles. The van der Waals surface area contributed by atoms with Crippen LogP contribution in [0.15, 0.2) is 22.3 Å². The van der Waals surface area contributed by atoms with Gasteiger partial charge in [-0.05, 0) is 62.5 Å². The minimum Gasteiger partial charge on any atom is -0.466 e. The average Bonchev–Trinajstić information content (AvgIpc) is 2.90. The Kier molecular flexibility index (Phi) is 4.37. The molecular formula is C20H28O4. The van der Waals surface area contributed by atoms with Crippen LogP contribution in [0.4, 0.5) is 0 Å². The van der Waals surface area contributed by atoms with Crippen molar-refractivity contribution in [3.05, 3.63) is 34.8 Å². The highest BCUT2D eigenvalue weighted by atomic mass is 16.5. The topological polar surface area (TPSA) is 59.7 Å². The van der Waals surface area contributed by atoms with Crippen molar-refractivity contribution in [1.82, 2.24) is 0 Å². The Balaban J connectivity index is 1.85. The second-order valence-electron chi connectivity index (χ2n) is 7.87. The van der Waals surface area contributed by atoms with Crippen LogP contribution in [0, 0.1) is 24.2 Å². The van der Waals surface area contributed by atoms with Crippen LogP contribution in [-0.2, 0) is 16.0 Å². The number of aryl methyl sites for hydroxylation is 1. The van der Waals surface area contributed by atoms with Crippen LogP contribution in [0.25, 0.3) is 0 Å². The molecule has 0 amide bonds. The number of furan rings is 1. The van der Waals surface area contributed by atoms with E-state index in [1.807, 2.05) is 13.8 Å². The van der Waals surface area contributed by atoms with E-state index < -0.39 is 6.10 Å². The van der Waals surface area contributed by atoms with Crippen LogP contribution >= 0.6 is 0 Å². The van der Waals surface area contributed by atoms with Crippen LogP contribution in [0.3, 0.4) is 0 Å². The van der Waals surface area contributed by atoms with Gasteiger partial charge in [0, 0.05) is 11.5 Å². The Morgan fingerprint density at radius 1 is 1.46 bits per heavy atom. The zero-order chi connectivity index (χ0) is 17.6. The summed E-state index contributed by atoms with van der Waals surface area (Å²) >= 11 is 0. The van der Waals surface area contributed by atoms with E-state index in [0.717, 1.165) is 24.0 Å². The molecule has 0 saturated heterocycles. The van der Waals surface area contributed by atoms with Gasteiger partial charge in [-0.15, -0.1) is 0 Å². The molecule has 132 valence electrons. The van der Waals surface area contributed by atoms with E-state index in [0.29, 0.717) is 23.7 Å². The number of allylic oxidation sites excluding steroid dienone is 1. The summed E-state index contributed by atoms with van der Waals surface area (Å²) in [7, 11) is 0. The fourth-order valence-corrected chi connectivity index (χ4v) is 4.46. The van der Waals surface area contributed by atoms with Gasteiger partial charge in [0.05, 0.1) is 6.26 Å². The zero-order valence-corrected chi connectivity index (χ0v) is 15.3. The molecule has 1 N–H and O–H groups in total. The van der Waals surface area contributed by atoms with Gasteiger partial charge in [0.1, 0.15) is 18.0 Å². The van der Waals surface area contributed by atoms with Gasteiger partial charge in [0.15, 0.2) is 0 Å². The van der Waals surface area contributed by atoms with Gasteiger partial charge in [-0.1, -0.05) is 19.9 Å². The van der Waals surface area contributed by atoms with E-state index in [-0.39, 0.29) is 23.4 Å². The van der Waals surface area contributed by atoms with E-state index in [1.54, 1.807) is 19.3 Å². The number of ether oxygens (including phenoxy) is 1. The molecule has 0 aliphatic heterocycles. The molecule has 0 bridgehead atoms. The minimum atomic E-state index is -0.626. The Hall–Kier alpha value is -1.55. The maximum absolute atomic E-state index is 12.1. The normalized spacial score (nSPS) is 36.0. The number of hydrogen-bond acceptors (Lipinski definition) is 4. The number of aliphatic hydroxyl groups is 1. The Bertz CT molecular complexity index is 671. The van der Waals surface area contributed by atoms with Crippen molar-refractivity contribution in [1.29, 1.82) is 0 Å². The van der Waals surface area contributed by atoms with Crippen LogP contribution in [0.1, 0.15) is 63.5 Å². The minimum absolute atomic E-state index is 0.000399. The van der Waals surface area contributed by atoms with E-state index in [2.05, 4.69) is 13.8 Å². The highest BCUT2D eigenvalue weighted by Gasteiger charge is 2.53. The molecular weight excluding hydrogens is 304 g/mol. The van der Waals surface area contributed by atoms with E-state index in [4.69, 9.17) is 9.15 Å². The van der Waals surface area contributed by atoms with Crippen molar-refractivity contribution >= 4 is 5.97 Å². The first-order valence-electron chi connectivity index (χ1n) is 8.86. The second-order valence-corrected chi connectivity index (χ2v) is 7.87. The Morgan fingerprint density at radius 2 is 2.17 bits per heavy atom. The van der Waals surface area contributed by atoms with Crippen LogP contribution in [-0.4, -0.2) is 17.2 Å². The predicted octanol–water partition coefficient (Wildman–Crippen LogP) is 4.11. The van der Waals surface area contributed by atoms with Crippen LogP contribution in [0.2, 0.25) is 0 Å². The maximum Gasteiger partial charge on any atom is 0.333 e. The van der Waals surface area contributed by atoms with Gasteiger partial charge in [0.2, 0.25) is 0 Å². The van der Waals surface area contributed by atoms with Crippen LogP contribution < -0.4 is 0 Å². The van der Waals surface area contributed by atoms with E-state index in [9.17, 15) is 9.90 Å². The predicted molar refractivity (Wildman–Crippen MR) is 91.4 cm³/mol. The lowest BCUT2D eigenvalue weighted by molar-refractivity contribution is -0.156. The molecule has 0 radical (unpaired) electrons. The average molecular weight is 332 g/mol. The second kappa shape index (κ2) is 6.07. The molecule has 5 atom stereocenters. The summed E-state index contributed by atoms with van der Waals surface area (Å²) in [6, 6.07) is 0. The molecule has 1 aromatic rings. The maximum atomic E-state index is 12.1. The molecule has 4 nitrogen and oxygen atoms in total. The van der Waals surface area contributed by atoms with Crippen molar-refractivity contribution < 1.29 is 19.1 Å². The largest absolute Gasteiger partial charge is 0.466 e. The fraction of sp³-hybridized carbons (Fsp3) is 0.650. The number of esters is 1. The van der Waals surface area contributed by atoms with Crippen molar-refractivity contribution in [2.45, 2.75) is 66.1 Å². The van der Waals surface area contributed by atoms with Gasteiger partial charge in [-0.25, -0.2) is 4.79 Å². The fourth-order valence-electron chi connectivity index (χ4n) is 4.46. The van der Waals surface area contributed by atoms with Gasteiger partial charge in [-0.3, -0.25) is 0 Å². The molecule has 0 spiro atoms. The number of aliphatic hydroxyl groups excluding tert-OH is 1. The van der Waals surface area contributed by atoms with E-state index >= 15 is 0 Å².